The van der Waals surface area contributed by atoms with Crippen LogP contribution in [0.15, 0.2) is 22.9 Å². The number of carboxylic acid groups (broad SMARTS) is 1. The van der Waals surface area contributed by atoms with Crippen LogP contribution in [0.4, 0.5) is 0 Å². The average Bonchev–Trinajstić information content (AvgIpc) is 2.48. The van der Waals surface area contributed by atoms with Crippen molar-refractivity contribution in [2.24, 2.45) is 5.92 Å². The molecule has 0 radical (unpaired) electrons. The fourth-order valence-electron chi connectivity index (χ4n) is 1.92. The van der Waals surface area contributed by atoms with Gasteiger partial charge in [-0.25, -0.2) is 0 Å². The van der Waals surface area contributed by atoms with Gasteiger partial charge in [-0.05, 0) is 34.8 Å². The van der Waals surface area contributed by atoms with Crippen molar-refractivity contribution in [2.75, 3.05) is 6.61 Å². The van der Waals surface area contributed by atoms with Crippen LogP contribution in [-0.4, -0.2) is 40.2 Å². The predicted octanol–water partition coefficient (Wildman–Crippen LogP) is 2.03. The number of aromatic nitrogens is 1. The summed E-state index contributed by atoms with van der Waals surface area (Å²) in [6.45, 7) is 0.646. The predicted molar refractivity (Wildman–Crippen MR) is 82.9 cm³/mol. The molecule has 0 bridgehead atoms. The van der Waals surface area contributed by atoms with Crippen molar-refractivity contribution in [3.63, 3.8) is 0 Å². The molecule has 0 aliphatic rings. The van der Waals surface area contributed by atoms with Crippen LogP contribution in [0.1, 0.15) is 36.5 Å². The standard InChI is InChI=1S/C15H16BrNO6/c1-9(18)23-8-13(19)12(3-2-4-14(20)21)15(22)10-5-11(16)7-17-6-10/h5-7,12H,2-4,8H2,1H3,(H,20,21). The molecule has 1 rings (SSSR count). The van der Waals surface area contributed by atoms with E-state index in [9.17, 15) is 19.2 Å². The molecule has 7 nitrogen and oxygen atoms in total. The summed E-state index contributed by atoms with van der Waals surface area (Å²) >= 11 is 3.19. The molecule has 0 aliphatic carbocycles. The third kappa shape index (κ3) is 6.68. The van der Waals surface area contributed by atoms with Crippen molar-refractivity contribution < 1.29 is 29.0 Å². The highest BCUT2D eigenvalue weighted by molar-refractivity contribution is 9.10. The smallest absolute Gasteiger partial charge is 0.303 e. The van der Waals surface area contributed by atoms with Gasteiger partial charge in [-0.15, -0.1) is 0 Å². The first-order valence-electron chi connectivity index (χ1n) is 6.84. The number of halogens is 1. The molecule has 23 heavy (non-hydrogen) atoms. The maximum atomic E-state index is 12.5. The van der Waals surface area contributed by atoms with Crippen LogP contribution >= 0.6 is 15.9 Å². The van der Waals surface area contributed by atoms with Gasteiger partial charge in [-0.3, -0.25) is 24.2 Å². The van der Waals surface area contributed by atoms with E-state index in [1.807, 2.05) is 0 Å². The molecule has 1 unspecified atom stereocenters. The minimum Gasteiger partial charge on any atom is -0.481 e. The zero-order valence-corrected chi connectivity index (χ0v) is 14.0. The fourth-order valence-corrected chi connectivity index (χ4v) is 2.28. The molecular weight excluding hydrogens is 370 g/mol. The molecule has 0 aromatic carbocycles. The topological polar surface area (TPSA) is 111 Å². The fraction of sp³-hybridized carbons (Fsp3) is 0.400. The lowest BCUT2D eigenvalue weighted by molar-refractivity contribution is -0.146. The van der Waals surface area contributed by atoms with Gasteiger partial charge in [-0.1, -0.05) is 0 Å². The highest BCUT2D eigenvalue weighted by atomic mass is 79.9. The third-order valence-corrected chi connectivity index (χ3v) is 3.43. The zero-order chi connectivity index (χ0) is 17.4. The molecule has 0 aliphatic heterocycles. The number of aliphatic carboxylic acids is 1. The number of nitrogens with zero attached hydrogens (tertiary/aromatic N) is 1. The number of Topliss-reactive ketones (excluding diaryl/α,β-unsaturated/α-hetero) is 2. The van der Waals surface area contributed by atoms with E-state index in [1.165, 1.54) is 18.5 Å². The third-order valence-electron chi connectivity index (χ3n) is 3.00. The maximum absolute atomic E-state index is 12.5. The molecule has 8 heteroatoms. The Labute approximate surface area is 141 Å². The lowest BCUT2D eigenvalue weighted by Crippen LogP contribution is -2.28. The lowest BCUT2D eigenvalue weighted by Gasteiger charge is -2.14. The summed E-state index contributed by atoms with van der Waals surface area (Å²) in [7, 11) is 0. The second-order valence-corrected chi connectivity index (χ2v) is 5.76. The Bertz CT molecular complexity index is 616. The molecule has 0 amide bonds. The van der Waals surface area contributed by atoms with Crippen LogP contribution in [0.25, 0.3) is 0 Å². The summed E-state index contributed by atoms with van der Waals surface area (Å²) in [6, 6.07) is 1.53. The van der Waals surface area contributed by atoms with Crippen molar-refractivity contribution in [1.82, 2.24) is 4.98 Å². The van der Waals surface area contributed by atoms with E-state index in [4.69, 9.17) is 5.11 Å². The molecule has 124 valence electrons. The highest BCUT2D eigenvalue weighted by Crippen LogP contribution is 2.19. The Hall–Kier alpha value is -2.09. The Morgan fingerprint density at radius 1 is 1.30 bits per heavy atom. The molecule has 1 atom stereocenters. The van der Waals surface area contributed by atoms with Crippen molar-refractivity contribution in [2.45, 2.75) is 26.2 Å². The average molecular weight is 386 g/mol. The second-order valence-electron chi connectivity index (χ2n) is 4.84. The van der Waals surface area contributed by atoms with Gasteiger partial charge in [0.05, 0.1) is 5.92 Å². The quantitative estimate of drug-likeness (QED) is 0.393. The van der Waals surface area contributed by atoms with Crippen LogP contribution in [0, 0.1) is 5.92 Å². The van der Waals surface area contributed by atoms with Gasteiger partial charge < -0.3 is 9.84 Å². The Kier molecular flexibility index (Phi) is 7.53. The first-order valence-corrected chi connectivity index (χ1v) is 7.63. The molecule has 0 spiro atoms. The molecule has 0 fully saturated rings. The van der Waals surface area contributed by atoms with E-state index in [0.29, 0.717) is 4.47 Å². The van der Waals surface area contributed by atoms with Gasteiger partial charge in [0, 0.05) is 35.8 Å². The molecular formula is C15H16BrNO6. The van der Waals surface area contributed by atoms with Gasteiger partial charge in [-0.2, -0.15) is 0 Å². The SMILES string of the molecule is CC(=O)OCC(=O)C(CCCC(=O)O)C(=O)c1cncc(Br)c1. The van der Waals surface area contributed by atoms with Gasteiger partial charge >= 0.3 is 11.9 Å². The van der Waals surface area contributed by atoms with Crippen molar-refractivity contribution in [3.8, 4) is 0 Å². The second kappa shape index (κ2) is 9.14. The maximum Gasteiger partial charge on any atom is 0.303 e. The minimum atomic E-state index is -1.07. The minimum absolute atomic E-state index is 0.0672. The van der Waals surface area contributed by atoms with Crippen molar-refractivity contribution in [1.29, 1.82) is 0 Å². The van der Waals surface area contributed by atoms with E-state index in [-0.39, 0.29) is 24.8 Å². The normalized spacial score (nSPS) is 11.6. The Morgan fingerprint density at radius 2 is 2.00 bits per heavy atom. The van der Waals surface area contributed by atoms with Crippen molar-refractivity contribution >= 4 is 39.4 Å². The van der Waals surface area contributed by atoms with Gasteiger partial charge in [0.25, 0.3) is 0 Å². The Balaban J connectivity index is 2.88. The van der Waals surface area contributed by atoms with Crippen molar-refractivity contribution in [3.05, 3.63) is 28.5 Å². The van der Waals surface area contributed by atoms with Crippen LogP contribution in [0.3, 0.4) is 0 Å². The van der Waals surface area contributed by atoms with Crippen LogP contribution < -0.4 is 0 Å². The number of carboxylic acids is 1. The number of carbonyl (C=O) groups is 4. The van der Waals surface area contributed by atoms with Gasteiger partial charge in [0.1, 0.15) is 0 Å². The number of hydrogen-bond donors (Lipinski definition) is 1. The number of hydrogen-bond acceptors (Lipinski definition) is 6. The molecule has 0 saturated carbocycles. The number of pyridine rings is 1. The molecule has 1 heterocycles. The largest absolute Gasteiger partial charge is 0.481 e. The first kappa shape index (κ1) is 19.0. The molecule has 1 aromatic heterocycles. The highest BCUT2D eigenvalue weighted by Gasteiger charge is 2.28. The van der Waals surface area contributed by atoms with E-state index in [2.05, 4.69) is 25.7 Å². The summed E-state index contributed by atoms with van der Waals surface area (Å²) in [5, 5.41) is 8.68. The van der Waals surface area contributed by atoms with E-state index in [0.717, 1.165) is 6.92 Å². The summed E-state index contributed by atoms with van der Waals surface area (Å²) in [5.74, 6) is -3.73. The summed E-state index contributed by atoms with van der Waals surface area (Å²) in [5.41, 5.74) is 0.232. The number of ketones is 2. The van der Waals surface area contributed by atoms with Crippen LogP contribution in [0.5, 0.6) is 0 Å². The van der Waals surface area contributed by atoms with E-state index in [1.54, 1.807) is 0 Å². The van der Waals surface area contributed by atoms with Crippen LogP contribution in [-0.2, 0) is 19.1 Å². The molecule has 1 aromatic rings. The number of carbonyl (C=O) groups excluding carboxylic acids is 3. The van der Waals surface area contributed by atoms with Gasteiger partial charge in [0.15, 0.2) is 18.2 Å². The lowest BCUT2D eigenvalue weighted by atomic mass is 9.90. The van der Waals surface area contributed by atoms with E-state index >= 15 is 0 Å². The molecule has 1 N–H and O–H groups in total. The number of esters is 1. The molecule has 0 saturated heterocycles. The Morgan fingerprint density at radius 3 is 2.57 bits per heavy atom. The van der Waals surface area contributed by atoms with Gasteiger partial charge in [0.2, 0.25) is 0 Å². The zero-order valence-electron chi connectivity index (χ0n) is 12.5. The van der Waals surface area contributed by atoms with Crippen LogP contribution in [0.2, 0.25) is 0 Å². The summed E-state index contributed by atoms with van der Waals surface area (Å²) in [4.78, 5) is 49.9. The number of ether oxygens (including phenoxy) is 1. The van der Waals surface area contributed by atoms with E-state index < -0.39 is 36.0 Å². The first-order chi connectivity index (χ1) is 10.8. The summed E-state index contributed by atoms with van der Waals surface area (Å²) < 4.78 is 5.22. The monoisotopic (exact) mass is 385 g/mol. The summed E-state index contributed by atoms with van der Waals surface area (Å²) in [6.07, 6.45) is 2.91. The number of rotatable bonds is 9.